The first-order valence-electron chi connectivity index (χ1n) is 6.32. The third-order valence-corrected chi connectivity index (χ3v) is 3.50. The summed E-state index contributed by atoms with van der Waals surface area (Å²) in [6.45, 7) is 0. The third-order valence-electron chi connectivity index (χ3n) is 3.04. The Hall–Kier alpha value is -2.27. The van der Waals surface area contributed by atoms with Crippen molar-refractivity contribution in [2.45, 2.75) is 0 Å². The molecule has 4 nitrogen and oxygen atoms in total. The summed E-state index contributed by atoms with van der Waals surface area (Å²) >= 11 is 3.40. The van der Waals surface area contributed by atoms with Crippen LogP contribution in [0.5, 0.6) is 17.4 Å². The Morgan fingerprint density at radius 1 is 1.05 bits per heavy atom. The van der Waals surface area contributed by atoms with E-state index in [0.29, 0.717) is 17.3 Å². The monoisotopic (exact) mass is 344 g/mol. The molecule has 0 atom stereocenters. The van der Waals surface area contributed by atoms with Gasteiger partial charge in [0.15, 0.2) is 0 Å². The van der Waals surface area contributed by atoms with E-state index in [1.807, 2.05) is 36.4 Å². The number of ether oxygens (including phenoxy) is 2. The molecule has 0 spiro atoms. The maximum atomic E-state index is 5.88. The largest absolute Gasteiger partial charge is 0.497 e. The average molecular weight is 345 g/mol. The number of methoxy groups -OCH3 is 1. The molecule has 0 bridgehead atoms. The molecular weight excluding hydrogens is 332 g/mol. The van der Waals surface area contributed by atoms with E-state index < -0.39 is 0 Å². The van der Waals surface area contributed by atoms with Gasteiger partial charge >= 0.3 is 0 Å². The molecule has 2 aromatic carbocycles. The second-order valence-corrected chi connectivity index (χ2v) is 5.44. The molecule has 0 radical (unpaired) electrons. The lowest BCUT2D eigenvalue weighted by Gasteiger charge is -2.10. The number of aromatic nitrogens is 1. The Morgan fingerprint density at radius 2 is 1.90 bits per heavy atom. The van der Waals surface area contributed by atoms with E-state index in [4.69, 9.17) is 15.2 Å². The summed E-state index contributed by atoms with van der Waals surface area (Å²) in [5.74, 6) is 1.91. The van der Waals surface area contributed by atoms with Gasteiger partial charge in [0.2, 0.25) is 5.88 Å². The van der Waals surface area contributed by atoms with Crippen molar-refractivity contribution in [2.75, 3.05) is 12.8 Å². The standard InChI is InChI=1S/C16H13BrN2O2/c1-20-13-3-2-10-4-5-19-16(15(10)9-13)21-14-7-11(17)6-12(18)8-14/h2-9H,18H2,1H3. The van der Waals surface area contributed by atoms with Crippen LogP contribution in [-0.2, 0) is 0 Å². The molecular formula is C16H13BrN2O2. The van der Waals surface area contributed by atoms with Crippen LogP contribution < -0.4 is 15.2 Å². The van der Waals surface area contributed by atoms with Gasteiger partial charge in [-0.25, -0.2) is 4.98 Å². The first-order chi connectivity index (χ1) is 10.2. The van der Waals surface area contributed by atoms with Crippen LogP contribution in [0.4, 0.5) is 5.69 Å². The molecule has 2 N–H and O–H groups in total. The van der Waals surface area contributed by atoms with E-state index in [-0.39, 0.29) is 0 Å². The fourth-order valence-electron chi connectivity index (χ4n) is 2.08. The molecule has 1 heterocycles. The minimum atomic E-state index is 0.518. The van der Waals surface area contributed by atoms with E-state index in [1.165, 1.54) is 0 Å². The van der Waals surface area contributed by atoms with Gasteiger partial charge in [-0.2, -0.15) is 0 Å². The lowest BCUT2D eigenvalue weighted by atomic mass is 10.1. The highest BCUT2D eigenvalue weighted by molar-refractivity contribution is 9.10. The second-order valence-electron chi connectivity index (χ2n) is 4.53. The number of nitrogen functional groups attached to an aromatic ring is 1. The van der Waals surface area contributed by atoms with Gasteiger partial charge in [-0.05, 0) is 35.7 Å². The Bertz CT molecular complexity index is 785. The van der Waals surface area contributed by atoms with Crippen LogP contribution in [0.1, 0.15) is 0 Å². The first-order valence-corrected chi connectivity index (χ1v) is 7.12. The quantitative estimate of drug-likeness (QED) is 0.716. The van der Waals surface area contributed by atoms with Crippen molar-refractivity contribution >= 4 is 32.4 Å². The highest BCUT2D eigenvalue weighted by Crippen LogP contribution is 2.32. The van der Waals surface area contributed by atoms with Gasteiger partial charge in [0, 0.05) is 27.8 Å². The fraction of sp³-hybridized carbons (Fsp3) is 0.0625. The number of halogens is 1. The minimum absolute atomic E-state index is 0.518. The molecule has 21 heavy (non-hydrogen) atoms. The predicted octanol–water partition coefficient (Wildman–Crippen LogP) is 4.38. The van der Waals surface area contributed by atoms with Gasteiger partial charge in [-0.3, -0.25) is 0 Å². The van der Waals surface area contributed by atoms with Gasteiger partial charge in [-0.15, -0.1) is 0 Å². The molecule has 3 aromatic rings. The SMILES string of the molecule is COc1ccc2ccnc(Oc3cc(N)cc(Br)c3)c2c1. The summed E-state index contributed by atoms with van der Waals surface area (Å²) in [6.07, 6.45) is 1.71. The Balaban J connectivity index is 2.07. The number of pyridine rings is 1. The van der Waals surface area contributed by atoms with Crippen LogP contribution in [0.15, 0.2) is 53.1 Å². The van der Waals surface area contributed by atoms with Gasteiger partial charge in [0.25, 0.3) is 0 Å². The zero-order valence-electron chi connectivity index (χ0n) is 11.3. The van der Waals surface area contributed by atoms with Crippen LogP contribution >= 0.6 is 15.9 Å². The van der Waals surface area contributed by atoms with Crippen molar-refractivity contribution in [2.24, 2.45) is 0 Å². The molecule has 0 amide bonds. The minimum Gasteiger partial charge on any atom is -0.497 e. The average Bonchev–Trinajstić information content (AvgIpc) is 2.46. The maximum absolute atomic E-state index is 5.88. The highest BCUT2D eigenvalue weighted by Gasteiger charge is 2.07. The van der Waals surface area contributed by atoms with Crippen LogP contribution in [0.3, 0.4) is 0 Å². The number of anilines is 1. The third kappa shape index (κ3) is 2.92. The van der Waals surface area contributed by atoms with Crippen LogP contribution in [0.25, 0.3) is 10.8 Å². The number of nitrogens with two attached hydrogens (primary N) is 1. The topological polar surface area (TPSA) is 57.4 Å². The summed E-state index contributed by atoms with van der Waals surface area (Å²) < 4.78 is 12.0. The highest BCUT2D eigenvalue weighted by atomic mass is 79.9. The van der Waals surface area contributed by atoms with E-state index in [9.17, 15) is 0 Å². The molecule has 5 heteroatoms. The molecule has 0 saturated carbocycles. The predicted molar refractivity (Wildman–Crippen MR) is 86.9 cm³/mol. The van der Waals surface area contributed by atoms with Crippen molar-refractivity contribution in [3.63, 3.8) is 0 Å². The molecule has 0 aliphatic rings. The summed E-state index contributed by atoms with van der Waals surface area (Å²) in [7, 11) is 1.63. The number of hydrogen-bond acceptors (Lipinski definition) is 4. The Kier molecular flexibility index (Phi) is 3.66. The van der Waals surface area contributed by atoms with Crippen molar-refractivity contribution in [3.05, 3.63) is 53.1 Å². The van der Waals surface area contributed by atoms with Crippen molar-refractivity contribution < 1.29 is 9.47 Å². The number of benzene rings is 2. The van der Waals surface area contributed by atoms with E-state index in [2.05, 4.69) is 20.9 Å². The fourth-order valence-corrected chi connectivity index (χ4v) is 2.57. The maximum Gasteiger partial charge on any atom is 0.227 e. The van der Waals surface area contributed by atoms with E-state index in [0.717, 1.165) is 21.0 Å². The molecule has 0 fully saturated rings. The smallest absolute Gasteiger partial charge is 0.227 e. The molecule has 106 valence electrons. The van der Waals surface area contributed by atoms with Gasteiger partial charge < -0.3 is 15.2 Å². The Labute approximate surface area is 130 Å². The Morgan fingerprint density at radius 3 is 2.67 bits per heavy atom. The summed E-state index contributed by atoms with van der Waals surface area (Å²) in [5, 5.41) is 1.92. The second kappa shape index (κ2) is 5.61. The zero-order chi connectivity index (χ0) is 14.8. The lowest BCUT2D eigenvalue weighted by molar-refractivity contribution is 0.415. The number of hydrogen-bond donors (Lipinski definition) is 1. The molecule has 3 rings (SSSR count). The van der Waals surface area contributed by atoms with Crippen molar-refractivity contribution in [1.29, 1.82) is 0 Å². The van der Waals surface area contributed by atoms with E-state index >= 15 is 0 Å². The van der Waals surface area contributed by atoms with Gasteiger partial charge in [0.1, 0.15) is 11.5 Å². The molecule has 0 saturated heterocycles. The lowest BCUT2D eigenvalue weighted by Crippen LogP contribution is -1.92. The van der Waals surface area contributed by atoms with Crippen molar-refractivity contribution in [3.8, 4) is 17.4 Å². The van der Waals surface area contributed by atoms with Crippen LogP contribution in [0, 0.1) is 0 Å². The van der Waals surface area contributed by atoms with Gasteiger partial charge in [0.05, 0.1) is 7.11 Å². The number of nitrogens with zero attached hydrogens (tertiary/aromatic N) is 1. The molecule has 0 unspecified atom stereocenters. The summed E-state index contributed by atoms with van der Waals surface area (Å²) in [4.78, 5) is 4.30. The van der Waals surface area contributed by atoms with Crippen LogP contribution in [0.2, 0.25) is 0 Å². The van der Waals surface area contributed by atoms with Gasteiger partial charge in [-0.1, -0.05) is 22.0 Å². The van der Waals surface area contributed by atoms with Crippen LogP contribution in [-0.4, -0.2) is 12.1 Å². The number of fused-ring (bicyclic) bond motifs is 1. The molecule has 0 aliphatic carbocycles. The molecule has 0 aliphatic heterocycles. The summed E-state index contributed by atoms with van der Waals surface area (Å²) in [5.41, 5.74) is 6.44. The summed E-state index contributed by atoms with van der Waals surface area (Å²) in [6, 6.07) is 13.1. The van der Waals surface area contributed by atoms with E-state index in [1.54, 1.807) is 19.4 Å². The number of rotatable bonds is 3. The van der Waals surface area contributed by atoms with Crippen molar-refractivity contribution in [1.82, 2.24) is 4.98 Å². The first kappa shape index (κ1) is 13.7. The molecule has 1 aromatic heterocycles. The normalized spacial score (nSPS) is 10.6. The zero-order valence-corrected chi connectivity index (χ0v) is 12.9.